The van der Waals surface area contributed by atoms with Gasteiger partial charge in [-0.05, 0) is 46.4 Å². The van der Waals surface area contributed by atoms with Gasteiger partial charge in [0.25, 0.3) is 5.91 Å². The molecule has 0 fully saturated rings. The molecule has 2 amide bonds. The highest BCUT2D eigenvalue weighted by atomic mass is 19.1. The Labute approximate surface area is 201 Å². The van der Waals surface area contributed by atoms with Crippen molar-refractivity contribution in [3.63, 3.8) is 0 Å². The van der Waals surface area contributed by atoms with Crippen LogP contribution in [0.2, 0.25) is 0 Å². The average molecular weight is 477 g/mol. The molecule has 180 valence electrons. The Kier molecular flexibility index (Phi) is 7.10. The number of benzene rings is 3. The van der Waals surface area contributed by atoms with Gasteiger partial charge >= 0.3 is 12.1 Å². The topological polar surface area (TPSA) is 105 Å². The van der Waals surface area contributed by atoms with Gasteiger partial charge < -0.3 is 15.2 Å². The summed E-state index contributed by atoms with van der Waals surface area (Å²) < 4.78 is 19.6. The molecule has 1 unspecified atom stereocenters. The van der Waals surface area contributed by atoms with Crippen LogP contribution in [0, 0.1) is 11.7 Å². The van der Waals surface area contributed by atoms with Gasteiger partial charge in [-0.25, -0.2) is 9.18 Å². The minimum absolute atomic E-state index is 0.00136. The van der Waals surface area contributed by atoms with Crippen molar-refractivity contribution in [3.05, 3.63) is 89.2 Å². The Bertz CT molecular complexity index is 1230. The van der Waals surface area contributed by atoms with Crippen molar-refractivity contribution < 1.29 is 28.6 Å². The summed E-state index contributed by atoms with van der Waals surface area (Å²) in [5.41, 5.74) is 4.44. The van der Waals surface area contributed by atoms with E-state index < -0.39 is 23.8 Å². The van der Waals surface area contributed by atoms with Crippen molar-refractivity contribution in [2.45, 2.75) is 19.3 Å². The summed E-state index contributed by atoms with van der Waals surface area (Å²) in [7, 11) is 0. The highest BCUT2D eigenvalue weighted by Gasteiger charge is 2.29. The first-order chi connectivity index (χ1) is 16.8. The third kappa shape index (κ3) is 5.66. The Morgan fingerprint density at radius 3 is 2.26 bits per heavy atom. The Hall–Kier alpha value is -4.20. The predicted octanol–water partition coefficient (Wildman–Crippen LogP) is 5.03. The summed E-state index contributed by atoms with van der Waals surface area (Å²) >= 11 is 0. The first-order valence-corrected chi connectivity index (χ1v) is 11.2. The summed E-state index contributed by atoms with van der Waals surface area (Å²) in [4.78, 5) is 35.6. The molecular formula is C27H25FN2O5. The molecule has 3 aromatic carbocycles. The average Bonchev–Trinajstić information content (AvgIpc) is 3.14. The van der Waals surface area contributed by atoms with Crippen LogP contribution in [-0.4, -0.2) is 36.2 Å². The van der Waals surface area contributed by atoms with E-state index in [1.165, 1.54) is 6.07 Å². The number of amides is 2. The number of aliphatic carboxylic acids is 1. The summed E-state index contributed by atoms with van der Waals surface area (Å²) in [6, 6.07) is 19.4. The molecule has 0 aromatic heterocycles. The number of carbonyl (C=O) groups is 3. The zero-order valence-corrected chi connectivity index (χ0v) is 19.1. The van der Waals surface area contributed by atoms with Crippen molar-refractivity contribution >= 4 is 23.7 Å². The largest absolute Gasteiger partial charge is 0.481 e. The number of carboxylic acids is 1. The van der Waals surface area contributed by atoms with Crippen LogP contribution in [0.25, 0.3) is 11.1 Å². The van der Waals surface area contributed by atoms with E-state index in [4.69, 9.17) is 9.84 Å². The van der Waals surface area contributed by atoms with Gasteiger partial charge in [0.1, 0.15) is 12.4 Å². The fourth-order valence-electron chi connectivity index (χ4n) is 4.28. The molecule has 0 spiro atoms. The highest BCUT2D eigenvalue weighted by Crippen LogP contribution is 2.44. The predicted molar refractivity (Wildman–Crippen MR) is 129 cm³/mol. The van der Waals surface area contributed by atoms with Gasteiger partial charge in [0.05, 0.1) is 0 Å². The number of nitrogens with one attached hydrogen (secondary N) is 2. The second-order valence-corrected chi connectivity index (χ2v) is 8.59. The maximum absolute atomic E-state index is 14.1. The Morgan fingerprint density at radius 1 is 1.00 bits per heavy atom. The van der Waals surface area contributed by atoms with Crippen LogP contribution >= 0.6 is 0 Å². The quantitative estimate of drug-likeness (QED) is 0.423. The molecule has 0 bridgehead atoms. The smallest absolute Gasteiger partial charge is 0.411 e. The number of halogens is 1. The molecule has 0 aliphatic heterocycles. The van der Waals surface area contributed by atoms with E-state index in [9.17, 15) is 18.8 Å². The molecule has 35 heavy (non-hydrogen) atoms. The fourth-order valence-corrected chi connectivity index (χ4v) is 4.28. The molecule has 0 radical (unpaired) electrons. The number of hydrogen-bond acceptors (Lipinski definition) is 4. The number of hydrogen-bond donors (Lipinski definition) is 3. The van der Waals surface area contributed by atoms with Crippen molar-refractivity contribution in [1.29, 1.82) is 0 Å². The van der Waals surface area contributed by atoms with Crippen LogP contribution in [0.15, 0.2) is 66.7 Å². The van der Waals surface area contributed by atoms with Gasteiger partial charge in [0, 0.05) is 30.1 Å². The normalized spacial score (nSPS) is 12.9. The van der Waals surface area contributed by atoms with Crippen LogP contribution in [0.5, 0.6) is 0 Å². The van der Waals surface area contributed by atoms with Gasteiger partial charge in [-0.1, -0.05) is 55.5 Å². The van der Waals surface area contributed by atoms with Gasteiger partial charge in [0.2, 0.25) is 0 Å². The lowest BCUT2D eigenvalue weighted by atomic mass is 9.98. The molecule has 3 N–H and O–H groups in total. The van der Waals surface area contributed by atoms with Crippen LogP contribution in [-0.2, 0) is 9.53 Å². The molecular weight excluding hydrogens is 451 g/mol. The minimum Gasteiger partial charge on any atom is -0.481 e. The second kappa shape index (κ2) is 10.4. The summed E-state index contributed by atoms with van der Waals surface area (Å²) in [6.45, 7) is 1.91. The fraction of sp³-hybridized carbons (Fsp3) is 0.222. The SMILES string of the molecule is CC(CNC(=O)c1cc(F)cc(NC(=O)OCC2c3ccccc3-c3ccccc32)c1)CC(=O)O. The summed E-state index contributed by atoms with van der Waals surface area (Å²) in [5.74, 6) is -2.65. The molecule has 0 heterocycles. The maximum Gasteiger partial charge on any atom is 0.411 e. The van der Waals surface area contributed by atoms with Crippen molar-refractivity contribution in [1.82, 2.24) is 5.32 Å². The van der Waals surface area contributed by atoms with E-state index in [1.807, 2.05) is 48.5 Å². The first kappa shape index (κ1) is 23.9. The number of carbonyl (C=O) groups excluding carboxylic acids is 2. The third-order valence-corrected chi connectivity index (χ3v) is 5.88. The van der Waals surface area contributed by atoms with Gasteiger partial charge in [-0.15, -0.1) is 0 Å². The van der Waals surface area contributed by atoms with E-state index in [0.29, 0.717) is 0 Å². The van der Waals surface area contributed by atoms with E-state index in [-0.39, 0.29) is 42.7 Å². The lowest BCUT2D eigenvalue weighted by molar-refractivity contribution is -0.137. The minimum atomic E-state index is -0.966. The van der Waals surface area contributed by atoms with Crippen LogP contribution in [0.4, 0.5) is 14.9 Å². The molecule has 0 saturated heterocycles. The van der Waals surface area contributed by atoms with E-state index in [1.54, 1.807) is 6.92 Å². The third-order valence-electron chi connectivity index (χ3n) is 5.88. The van der Waals surface area contributed by atoms with E-state index in [2.05, 4.69) is 10.6 Å². The number of fused-ring (bicyclic) bond motifs is 3. The van der Waals surface area contributed by atoms with Gasteiger partial charge in [0.15, 0.2) is 0 Å². The Balaban J connectivity index is 1.39. The van der Waals surface area contributed by atoms with Crippen LogP contribution in [0.1, 0.15) is 40.7 Å². The molecule has 8 heteroatoms. The van der Waals surface area contributed by atoms with Crippen molar-refractivity contribution in [3.8, 4) is 11.1 Å². The zero-order valence-electron chi connectivity index (χ0n) is 19.1. The highest BCUT2D eigenvalue weighted by molar-refractivity contribution is 5.96. The van der Waals surface area contributed by atoms with Crippen LogP contribution < -0.4 is 10.6 Å². The first-order valence-electron chi connectivity index (χ1n) is 11.2. The molecule has 4 rings (SSSR count). The van der Waals surface area contributed by atoms with E-state index in [0.717, 1.165) is 34.4 Å². The standard InChI is InChI=1S/C27H25FN2O5/c1-16(10-25(31)32)14-29-26(33)17-11-18(28)13-19(12-17)30-27(34)35-15-24-22-8-4-2-6-20(22)21-7-3-5-9-23(21)24/h2-9,11-13,16,24H,10,14-15H2,1H3,(H,29,33)(H,30,34)(H,31,32). The lowest BCUT2D eigenvalue weighted by Crippen LogP contribution is -2.29. The van der Waals surface area contributed by atoms with Crippen molar-refractivity contribution in [2.24, 2.45) is 5.92 Å². The number of anilines is 1. The maximum atomic E-state index is 14.1. The van der Waals surface area contributed by atoms with E-state index >= 15 is 0 Å². The number of carboxylic acid groups (broad SMARTS) is 1. The summed E-state index contributed by atoms with van der Waals surface area (Å²) in [5, 5.41) is 13.9. The molecule has 7 nitrogen and oxygen atoms in total. The Morgan fingerprint density at radius 2 is 1.63 bits per heavy atom. The second-order valence-electron chi connectivity index (χ2n) is 8.59. The molecule has 3 aromatic rings. The van der Waals surface area contributed by atoms with Crippen molar-refractivity contribution in [2.75, 3.05) is 18.5 Å². The van der Waals surface area contributed by atoms with Gasteiger partial charge in [-0.2, -0.15) is 0 Å². The molecule has 1 aliphatic rings. The molecule has 1 atom stereocenters. The monoisotopic (exact) mass is 476 g/mol. The number of rotatable bonds is 8. The summed E-state index contributed by atoms with van der Waals surface area (Å²) in [6.07, 6.45) is -0.864. The molecule has 0 saturated carbocycles. The van der Waals surface area contributed by atoms with Crippen LogP contribution in [0.3, 0.4) is 0 Å². The molecule has 1 aliphatic carbocycles. The zero-order chi connectivity index (χ0) is 24.9. The number of ether oxygens (including phenoxy) is 1. The van der Waals surface area contributed by atoms with Gasteiger partial charge in [-0.3, -0.25) is 14.9 Å². The lowest BCUT2D eigenvalue weighted by Gasteiger charge is -2.15.